The van der Waals surface area contributed by atoms with E-state index in [2.05, 4.69) is 22.2 Å². The molecule has 1 aliphatic rings. The molecular weight excluding hydrogens is 164 g/mol. The fourth-order valence-electron chi connectivity index (χ4n) is 1.17. The maximum atomic E-state index is 5.63. The molecule has 1 aliphatic carbocycles. The molecule has 4 nitrogen and oxygen atoms in total. The zero-order valence-corrected chi connectivity index (χ0v) is 7.75. The monoisotopic (exact) mass is 178 g/mol. The van der Waals surface area contributed by atoms with E-state index in [1.165, 1.54) is 12.8 Å². The van der Waals surface area contributed by atoms with Crippen LogP contribution in [0.5, 0.6) is 0 Å². The number of nitrogens with zero attached hydrogens (tertiary/aromatic N) is 2. The van der Waals surface area contributed by atoms with Crippen molar-refractivity contribution in [2.75, 3.05) is 17.6 Å². The summed E-state index contributed by atoms with van der Waals surface area (Å²) in [4.78, 5) is 8.06. The van der Waals surface area contributed by atoms with E-state index in [0.29, 0.717) is 17.1 Å². The van der Waals surface area contributed by atoms with Crippen LogP contribution in [0.3, 0.4) is 0 Å². The van der Waals surface area contributed by atoms with Crippen LogP contribution in [-0.4, -0.2) is 16.5 Å². The van der Waals surface area contributed by atoms with Gasteiger partial charge in [-0.15, -0.1) is 0 Å². The van der Waals surface area contributed by atoms with Crippen LogP contribution in [0, 0.1) is 5.41 Å². The molecule has 2 rings (SSSR count). The third kappa shape index (κ3) is 1.88. The quantitative estimate of drug-likeness (QED) is 0.731. The number of nitrogens with one attached hydrogen (secondary N) is 1. The maximum Gasteiger partial charge on any atom is 0.168 e. The lowest BCUT2D eigenvalue weighted by Crippen LogP contribution is -2.14. The fraction of sp³-hybridized carbons (Fsp3) is 0.556. The molecule has 1 aromatic rings. The van der Waals surface area contributed by atoms with Crippen LogP contribution in [0.4, 0.5) is 11.6 Å². The minimum absolute atomic E-state index is 0.462. The highest BCUT2D eigenvalue weighted by Gasteiger charge is 2.36. The van der Waals surface area contributed by atoms with Crippen LogP contribution in [-0.2, 0) is 0 Å². The predicted octanol–water partition coefficient (Wildman–Crippen LogP) is 1.27. The second-order valence-corrected chi connectivity index (χ2v) is 3.95. The van der Waals surface area contributed by atoms with E-state index >= 15 is 0 Å². The minimum atomic E-state index is 0.462. The van der Waals surface area contributed by atoms with Crippen molar-refractivity contribution in [2.24, 2.45) is 5.41 Å². The molecule has 0 radical (unpaired) electrons. The summed E-state index contributed by atoms with van der Waals surface area (Å²) in [5, 5.41) is 3.22. The Labute approximate surface area is 77.6 Å². The van der Waals surface area contributed by atoms with Gasteiger partial charge in [-0.3, -0.25) is 0 Å². The van der Waals surface area contributed by atoms with Crippen LogP contribution < -0.4 is 11.1 Å². The first kappa shape index (κ1) is 8.29. The van der Waals surface area contributed by atoms with E-state index in [0.717, 1.165) is 6.54 Å². The first-order valence-corrected chi connectivity index (χ1v) is 4.50. The molecule has 4 heteroatoms. The molecular formula is C9H14N4. The molecule has 0 bridgehead atoms. The molecule has 70 valence electrons. The number of nitrogen functional groups attached to an aromatic ring is 1. The number of hydrogen-bond donors (Lipinski definition) is 2. The first-order valence-electron chi connectivity index (χ1n) is 4.50. The summed E-state index contributed by atoms with van der Waals surface area (Å²) in [5.41, 5.74) is 6.10. The largest absolute Gasteiger partial charge is 0.381 e. The van der Waals surface area contributed by atoms with Gasteiger partial charge in [0.25, 0.3) is 0 Å². The molecule has 13 heavy (non-hydrogen) atoms. The summed E-state index contributed by atoms with van der Waals surface area (Å²) < 4.78 is 0. The summed E-state index contributed by atoms with van der Waals surface area (Å²) in [5.74, 6) is 1.18. The van der Waals surface area contributed by atoms with Gasteiger partial charge in [0.05, 0.1) is 0 Å². The van der Waals surface area contributed by atoms with Crippen LogP contribution in [0.2, 0.25) is 0 Å². The van der Waals surface area contributed by atoms with Gasteiger partial charge in [-0.25, -0.2) is 9.97 Å². The highest BCUT2D eigenvalue weighted by molar-refractivity contribution is 5.55. The van der Waals surface area contributed by atoms with Gasteiger partial charge in [0.15, 0.2) is 11.6 Å². The Bertz CT molecular complexity index is 306. The van der Waals surface area contributed by atoms with Gasteiger partial charge >= 0.3 is 0 Å². The van der Waals surface area contributed by atoms with Crippen molar-refractivity contribution in [1.29, 1.82) is 0 Å². The Balaban J connectivity index is 1.97. The van der Waals surface area contributed by atoms with E-state index in [9.17, 15) is 0 Å². The number of aromatic nitrogens is 2. The number of nitrogens with two attached hydrogens (primary N) is 1. The topological polar surface area (TPSA) is 63.8 Å². The molecule has 0 spiro atoms. The van der Waals surface area contributed by atoms with Crippen LogP contribution >= 0.6 is 0 Å². The maximum absolute atomic E-state index is 5.63. The molecule has 1 heterocycles. The van der Waals surface area contributed by atoms with Crippen molar-refractivity contribution < 1.29 is 0 Å². The molecule has 3 N–H and O–H groups in total. The lowest BCUT2D eigenvalue weighted by Gasteiger charge is -2.10. The zero-order chi connectivity index (χ0) is 9.31. The van der Waals surface area contributed by atoms with Gasteiger partial charge in [0.1, 0.15) is 0 Å². The highest BCUT2D eigenvalue weighted by atomic mass is 15.1. The van der Waals surface area contributed by atoms with E-state index in [1.807, 2.05) is 0 Å². The molecule has 0 aliphatic heterocycles. The fourth-order valence-corrected chi connectivity index (χ4v) is 1.17. The number of anilines is 2. The van der Waals surface area contributed by atoms with Crippen molar-refractivity contribution in [1.82, 2.24) is 9.97 Å². The van der Waals surface area contributed by atoms with E-state index in [-0.39, 0.29) is 0 Å². The molecule has 1 fully saturated rings. The third-order valence-electron chi connectivity index (χ3n) is 2.51. The van der Waals surface area contributed by atoms with Gasteiger partial charge < -0.3 is 11.1 Å². The summed E-state index contributed by atoms with van der Waals surface area (Å²) in [6.45, 7) is 3.20. The van der Waals surface area contributed by atoms with Crippen molar-refractivity contribution in [3.05, 3.63) is 12.4 Å². The van der Waals surface area contributed by atoms with E-state index in [1.54, 1.807) is 12.4 Å². The van der Waals surface area contributed by atoms with Crippen molar-refractivity contribution >= 4 is 11.6 Å². The normalized spacial score (nSPS) is 18.2. The van der Waals surface area contributed by atoms with Gasteiger partial charge in [0.2, 0.25) is 0 Å². The highest BCUT2D eigenvalue weighted by Crippen LogP contribution is 2.44. The van der Waals surface area contributed by atoms with Gasteiger partial charge in [0, 0.05) is 18.9 Å². The Kier molecular flexibility index (Phi) is 1.83. The van der Waals surface area contributed by atoms with Crippen molar-refractivity contribution in [3.63, 3.8) is 0 Å². The van der Waals surface area contributed by atoms with Gasteiger partial charge in [-0.05, 0) is 18.3 Å². The molecule has 0 atom stereocenters. The van der Waals surface area contributed by atoms with Crippen LogP contribution in [0.25, 0.3) is 0 Å². The second-order valence-electron chi connectivity index (χ2n) is 3.95. The lowest BCUT2D eigenvalue weighted by atomic mass is 10.1. The summed E-state index contributed by atoms with van der Waals surface area (Å²) in [7, 11) is 0. The Morgan fingerprint density at radius 2 is 2.15 bits per heavy atom. The zero-order valence-electron chi connectivity index (χ0n) is 7.75. The molecule has 0 saturated heterocycles. The first-order chi connectivity index (χ1) is 6.20. The molecule has 1 aromatic heterocycles. The summed E-state index contributed by atoms with van der Waals surface area (Å²) >= 11 is 0. The molecule has 0 unspecified atom stereocenters. The predicted molar refractivity (Wildman–Crippen MR) is 52.3 cm³/mol. The van der Waals surface area contributed by atoms with Crippen LogP contribution in [0.15, 0.2) is 12.4 Å². The smallest absolute Gasteiger partial charge is 0.168 e. The molecule has 0 aromatic carbocycles. The summed E-state index contributed by atoms with van der Waals surface area (Å²) in [6, 6.07) is 0. The standard InChI is InChI=1S/C9H14N4/c1-9(2-3-9)6-13-8-7(10)11-4-5-12-8/h4-5H,2-3,6H2,1H3,(H2,10,11)(H,12,13). The molecule has 0 amide bonds. The number of hydrogen-bond acceptors (Lipinski definition) is 4. The number of rotatable bonds is 3. The van der Waals surface area contributed by atoms with E-state index in [4.69, 9.17) is 5.73 Å². The SMILES string of the molecule is CC1(CNc2nccnc2N)CC1. The van der Waals surface area contributed by atoms with Crippen LogP contribution in [0.1, 0.15) is 19.8 Å². The summed E-state index contributed by atoms with van der Waals surface area (Å²) in [6.07, 6.45) is 5.83. The lowest BCUT2D eigenvalue weighted by molar-refractivity contribution is 0.609. The molecule has 1 saturated carbocycles. The Morgan fingerprint density at radius 1 is 1.46 bits per heavy atom. The van der Waals surface area contributed by atoms with E-state index < -0.39 is 0 Å². The third-order valence-corrected chi connectivity index (χ3v) is 2.51. The van der Waals surface area contributed by atoms with Crippen molar-refractivity contribution in [2.45, 2.75) is 19.8 Å². The minimum Gasteiger partial charge on any atom is -0.381 e. The Hall–Kier alpha value is -1.32. The second kappa shape index (κ2) is 2.87. The van der Waals surface area contributed by atoms with Crippen molar-refractivity contribution in [3.8, 4) is 0 Å². The van der Waals surface area contributed by atoms with Gasteiger partial charge in [-0.1, -0.05) is 6.92 Å². The average molecular weight is 178 g/mol. The average Bonchev–Trinajstić information content (AvgIpc) is 2.83. The Morgan fingerprint density at radius 3 is 2.77 bits per heavy atom. The van der Waals surface area contributed by atoms with Gasteiger partial charge in [-0.2, -0.15) is 0 Å².